The lowest BCUT2D eigenvalue weighted by molar-refractivity contribution is 0.113. The average Bonchev–Trinajstić information content (AvgIpc) is 2.87. The lowest BCUT2D eigenvalue weighted by Crippen LogP contribution is -2.30. The van der Waals surface area contributed by atoms with Crippen molar-refractivity contribution in [2.24, 2.45) is 32.9 Å². The quantitative estimate of drug-likeness (QED) is 0.0653. The highest BCUT2D eigenvalue weighted by Gasteiger charge is 2.19. The van der Waals surface area contributed by atoms with Gasteiger partial charge in [0, 0.05) is 26.1 Å². The highest BCUT2D eigenvalue weighted by Crippen LogP contribution is 2.23. The number of nitrogens with zero attached hydrogens (tertiary/aromatic N) is 2. The first-order chi connectivity index (χ1) is 19.5. The Hall–Kier alpha value is -3.31. The third-order valence-corrected chi connectivity index (χ3v) is 6.37. The van der Waals surface area contributed by atoms with E-state index < -0.39 is 18.8 Å². The van der Waals surface area contributed by atoms with E-state index in [1.165, 1.54) is 16.7 Å². The van der Waals surface area contributed by atoms with Gasteiger partial charge in [0.1, 0.15) is 6.04 Å². The summed E-state index contributed by atoms with van der Waals surface area (Å²) in [5.41, 5.74) is 25.7. The molecule has 8 nitrogen and oxygen atoms in total. The molecule has 2 atom stereocenters. The van der Waals surface area contributed by atoms with Crippen LogP contribution >= 0.6 is 0 Å². The van der Waals surface area contributed by atoms with Gasteiger partial charge in [-0.3, -0.25) is 0 Å². The van der Waals surface area contributed by atoms with E-state index in [-0.39, 0.29) is 57.9 Å². The highest BCUT2D eigenvalue weighted by molar-refractivity contribution is 5.76. The summed E-state index contributed by atoms with van der Waals surface area (Å²) in [6.07, 6.45) is -3.45. The zero-order valence-corrected chi connectivity index (χ0v) is 25.9. The predicted octanol–water partition coefficient (Wildman–Crippen LogP) is 6.31. The van der Waals surface area contributed by atoms with Crippen molar-refractivity contribution in [3.05, 3.63) is 70.8 Å². The molecule has 2 aromatic carbocycles. The predicted molar refractivity (Wildman–Crippen MR) is 189 cm³/mol. The van der Waals surface area contributed by atoms with Crippen molar-refractivity contribution in [3.8, 4) is 0 Å². The van der Waals surface area contributed by atoms with Gasteiger partial charge < -0.3 is 33.6 Å². The Morgan fingerprint density at radius 1 is 0.622 bits per heavy atom. The fraction of sp³-hybridized carbons (Fsp3) is 0.588. The van der Waals surface area contributed by atoms with Gasteiger partial charge in [-0.1, -0.05) is 112 Å². The third-order valence-electron chi connectivity index (χ3n) is 6.37. The Kier molecular flexibility index (Phi) is 22.8. The minimum Gasteiger partial charge on any atom is -0.370 e. The van der Waals surface area contributed by atoms with E-state index in [2.05, 4.69) is 98.6 Å². The minimum absolute atomic E-state index is 0. The van der Waals surface area contributed by atoms with E-state index in [1.807, 2.05) is 12.1 Å². The number of benzene rings is 2. The van der Waals surface area contributed by atoms with Gasteiger partial charge in [-0.15, -0.1) is 0 Å². The Labute approximate surface area is 271 Å². The number of halogens is 3. The monoisotopic (exact) mass is 641 g/mol. The van der Waals surface area contributed by atoms with Crippen LogP contribution in [0.25, 0.3) is 0 Å². The number of alkyl halides is 3. The average molecular weight is 641 g/mol. The lowest BCUT2D eigenvalue weighted by atomic mass is 9.87. The fourth-order valence-electron chi connectivity index (χ4n) is 3.85. The number of hydrogen-bond acceptors (Lipinski definition) is 4. The molecular formula is C34H63F3N8. The van der Waals surface area contributed by atoms with E-state index in [0.717, 1.165) is 5.56 Å². The summed E-state index contributed by atoms with van der Waals surface area (Å²) < 4.78 is 38.6. The van der Waals surface area contributed by atoms with E-state index >= 15 is 0 Å². The van der Waals surface area contributed by atoms with Crippen LogP contribution in [0.3, 0.4) is 0 Å². The van der Waals surface area contributed by atoms with Crippen LogP contribution in [0.15, 0.2) is 58.5 Å². The van der Waals surface area contributed by atoms with E-state index in [9.17, 15) is 13.2 Å². The van der Waals surface area contributed by atoms with Crippen LogP contribution in [0.1, 0.15) is 98.9 Å². The molecule has 2 rings (SSSR count). The zero-order valence-electron chi connectivity index (χ0n) is 25.9. The molecule has 45 heavy (non-hydrogen) atoms. The second-order valence-corrected chi connectivity index (χ2v) is 12.3. The SMILES string of the molecule is C.C.C.CC(C)(C)c1ccc(CNCCC(F)N=C(N)N)cc1.CC(C)(C)c1ccc(CNCCC(N=C(N)N)C(F)F)cc1. The van der Waals surface area contributed by atoms with Crippen molar-refractivity contribution in [2.75, 3.05) is 13.1 Å². The summed E-state index contributed by atoms with van der Waals surface area (Å²) in [6, 6.07) is 15.6. The summed E-state index contributed by atoms with van der Waals surface area (Å²) in [5, 5.41) is 6.31. The molecule has 0 aromatic heterocycles. The Balaban J connectivity index is -0.000000738. The molecular weight excluding hydrogens is 577 g/mol. The van der Waals surface area contributed by atoms with Gasteiger partial charge in [-0.05, 0) is 46.0 Å². The van der Waals surface area contributed by atoms with Crippen molar-refractivity contribution in [1.82, 2.24) is 10.6 Å². The molecule has 0 amide bonds. The van der Waals surface area contributed by atoms with Crippen LogP contribution in [0.2, 0.25) is 0 Å². The van der Waals surface area contributed by atoms with Gasteiger partial charge >= 0.3 is 0 Å². The maximum atomic E-state index is 13.2. The maximum Gasteiger partial charge on any atom is 0.260 e. The largest absolute Gasteiger partial charge is 0.370 e. The second kappa shape index (κ2) is 22.2. The van der Waals surface area contributed by atoms with E-state index in [0.29, 0.717) is 26.2 Å². The van der Waals surface area contributed by atoms with E-state index in [4.69, 9.17) is 22.9 Å². The van der Waals surface area contributed by atoms with Gasteiger partial charge in [-0.25, -0.2) is 23.2 Å². The Morgan fingerprint density at radius 2 is 0.978 bits per heavy atom. The third kappa shape index (κ3) is 20.4. The number of nitrogens with two attached hydrogens (primary N) is 4. The van der Waals surface area contributed by atoms with Crippen molar-refractivity contribution >= 4 is 11.9 Å². The van der Waals surface area contributed by atoms with Gasteiger partial charge in [0.25, 0.3) is 6.43 Å². The second-order valence-electron chi connectivity index (χ2n) is 12.3. The molecule has 11 heteroatoms. The van der Waals surface area contributed by atoms with Gasteiger partial charge in [-0.2, -0.15) is 0 Å². The topological polar surface area (TPSA) is 153 Å². The summed E-state index contributed by atoms with van der Waals surface area (Å²) in [7, 11) is 0. The fourth-order valence-corrected chi connectivity index (χ4v) is 3.85. The van der Waals surface area contributed by atoms with Crippen LogP contribution in [-0.2, 0) is 23.9 Å². The molecule has 0 fully saturated rings. The number of nitrogens with one attached hydrogen (secondary N) is 2. The molecule has 0 heterocycles. The highest BCUT2D eigenvalue weighted by atomic mass is 19.3. The Bertz CT molecular complexity index is 1080. The van der Waals surface area contributed by atoms with Gasteiger partial charge in [0.2, 0.25) is 0 Å². The minimum atomic E-state index is -2.56. The van der Waals surface area contributed by atoms with Crippen molar-refractivity contribution < 1.29 is 13.2 Å². The first-order valence-electron chi connectivity index (χ1n) is 14.2. The van der Waals surface area contributed by atoms with Crippen molar-refractivity contribution in [3.63, 3.8) is 0 Å². The van der Waals surface area contributed by atoms with Crippen molar-refractivity contribution in [1.29, 1.82) is 0 Å². The van der Waals surface area contributed by atoms with Gasteiger partial charge in [0.05, 0.1) is 0 Å². The lowest BCUT2D eigenvalue weighted by Gasteiger charge is -2.19. The molecule has 0 saturated carbocycles. The molecule has 0 spiro atoms. The normalized spacial score (nSPS) is 12.2. The van der Waals surface area contributed by atoms with Crippen LogP contribution in [0, 0.1) is 0 Å². The number of rotatable bonds is 13. The maximum absolute atomic E-state index is 13.2. The summed E-state index contributed by atoms with van der Waals surface area (Å²) in [5.74, 6) is -0.515. The molecule has 0 bridgehead atoms. The molecule has 260 valence electrons. The van der Waals surface area contributed by atoms with E-state index in [1.54, 1.807) is 0 Å². The molecule has 0 radical (unpaired) electrons. The zero-order chi connectivity index (χ0) is 31.9. The number of aliphatic imine (C=N–C) groups is 2. The number of hydrogen-bond donors (Lipinski definition) is 6. The first-order valence-corrected chi connectivity index (χ1v) is 14.2. The van der Waals surface area contributed by atoms with Gasteiger partial charge in [0.15, 0.2) is 18.2 Å². The molecule has 2 unspecified atom stereocenters. The molecule has 2 aromatic rings. The summed E-state index contributed by atoms with van der Waals surface area (Å²) in [4.78, 5) is 6.97. The molecule has 10 N–H and O–H groups in total. The smallest absolute Gasteiger partial charge is 0.260 e. The summed E-state index contributed by atoms with van der Waals surface area (Å²) >= 11 is 0. The van der Waals surface area contributed by atoms with Crippen LogP contribution < -0.4 is 33.6 Å². The molecule has 0 aliphatic carbocycles. The van der Waals surface area contributed by atoms with Crippen LogP contribution in [0.5, 0.6) is 0 Å². The Morgan fingerprint density at radius 3 is 1.29 bits per heavy atom. The van der Waals surface area contributed by atoms with Crippen molar-refractivity contribution in [2.45, 2.75) is 119 Å². The first kappa shape index (κ1) is 46.1. The summed E-state index contributed by atoms with van der Waals surface area (Å²) in [6.45, 7) is 15.3. The standard InChI is InChI=1S/C16H26F2N4.C15H25FN4.3CH4/c1-16(2,3)12-6-4-11(5-7-12)10-21-9-8-13(14(17)18)22-15(19)20;1-15(2,3)12-6-4-11(5-7-12)10-19-9-8-13(16)20-14(17)18;;;/h4-7,13-14,21H,8-10H2,1-3H3,(H4,19,20,22);4-7,13,19H,8-10H2,1-3H3,(H4,17,18,20);3*1H4. The molecule has 0 aliphatic rings. The van der Waals surface area contributed by atoms with Crippen LogP contribution in [0.4, 0.5) is 13.2 Å². The number of guanidine groups is 2. The van der Waals surface area contributed by atoms with Crippen LogP contribution in [-0.4, -0.2) is 43.8 Å². The molecule has 0 saturated heterocycles. The molecule has 0 aliphatic heterocycles.